The fraction of sp³-hybridized carbons (Fsp3) is 1.00. The molecule has 0 aliphatic heterocycles. The van der Waals surface area contributed by atoms with E-state index in [0.717, 1.165) is 39.0 Å². The van der Waals surface area contributed by atoms with E-state index < -0.39 is 0 Å². The van der Waals surface area contributed by atoms with E-state index in [4.69, 9.17) is 5.73 Å². The average molecular weight is 201 g/mol. The average Bonchev–Trinajstić information content (AvgIpc) is 2.23. The van der Waals surface area contributed by atoms with Crippen molar-refractivity contribution in [3.8, 4) is 0 Å². The Labute approximate surface area is 88.8 Å². The highest BCUT2D eigenvalue weighted by Gasteiger charge is 2.18. The van der Waals surface area contributed by atoms with Crippen LogP contribution in [-0.2, 0) is 0 Å². The molecule has 0 heterocycles. The van der Waals surface area contributed by atoms with Gasteiger partial charge in [-0.2, -0.15) is 0 Å². The molecule has 0 aliphatic carbocycles. The lowest BCUT2D eigenvalue weighted by molar-refractivity contribution is 0.369. The van der Waals surface area contributed by atoms with Gasteiger partial charge in [0.1, 0.15) is 0 Å². The van der Waals surface area contributed by atoms with Crippen LogP contribution in [-0.4, -0.2) is 31.7 Å². The van der Waals surface area contributed by atoms with Gasteiger partial charge in [0.25, 0.3) is 0 Å². The van der Waals surface area contributed by atoms with Gasteiger partial charge in [-0.3, -0.25) is 0 Å². The summed E-state index contributed by atoms with van der Waals surface area (Å²) in [6.45, 7) is 10.6. The summed E-state index contributed by atoms with van der Waals surface area (Å²) in [6, 6.07) is 0. The fourth-order valence-corrected chi connectivity index (χ4v) is 1.32. The Kier molecular flexibility index (Phi) is 8.14. The Morgan fingerprint density at radius 3 is 2.00 bits per heavy atom. The van der Waals surface area contributed by atoms with E-state index in [1.807, 2.05) is 0 Å². The van der Waals surface area contributed by atoms with Crippen molar-refractivity contribution in [1.29, 1.82) is 0 Å². The van der Waals surface area contributed by atoms with E-state index in [1.54, 1.807) is 0 Å². The molecule has 0 fully saturated rings. The van der Waals surface area contributed by atoms with E-state index in [1.165, 1.54) is 6.42 Å². The smallest absolute Gasteiger partial charge is 0.0275 e. The minimum Gasteiger partial charge on any atom is -0.324 e. The van der Waals surface area contributed by atoms with E-state index in [0.29, 0.717) is 0 Å². The molecule has 0 amide bonds. The third-order valence-electron chi connectivity index (χ3n) is 2.79. The molecule has 3 nitrogen and oxygen atoms in total. The predicted octanol–water partition coefficient (Wildman–Crippen LogP) is 1.09. The molecule has 14 heavy (non-hydrogen) atoms. The van der Waals surface area contributed by atoms with Crippen molar-refractivity contribution in [1.82, 2.24) is 10.6 Å². The molecule has 4 N–H and O–H groups in total. The number of rotatable bonds is 9. The van der Waals surface area contributed by atoms with Gasteiger partial charge in [0.15, 0.2) is 0 Å². The van der Waals surface area contributed by atoms with Gasteiger partial charge in [-0.25, -0.2) is 0 Å². The van der Waals surface area contributed by atoms with E-state index in [9.17, 15) is 0 Å². The Bertz CT molecular complexity index is 122. The van der Waals surface area contributed by atoms with Crippen LogP contribution in [0.5, 0.6) is 0 Å². The molecular formula is C11H27N3. The Hall–Kier alpha value is -0.120. The van der Waals surface area contributed by atoms with Gasteiger partial charge in [0.05, 0.1) is 0 Å². The molecule has 86 valence electrons. The molecule has 0 unspecified atom stereocenters. The highest BCUT2D eigenvalue weighted by atomic mass is 15.0. The highest BCUT2D eigenvalue weighted by molar-refractivity contribution is 4.83. The van der Waals surface area contributed by atoms with Crippen molar-refractivity contribution in [2.24, 2.45) is 5.73 Å². The normalized spacial score (nSPS) is 12.0. The summed E-state index contributed by atoms with van der Waals surface area (Å²) in [4.78, 5) is 0. The monoisotopic (exact) mass is 201 g/mol. The molecule has 0 aromatic rings. The third-order valence-corrected chi connectivity index (χ3v) is 2.79. The van der Waals surface area contributed by atoms with Crippen molar-refractivity contribution < 1.29 is 0 Å². The lowest BCUT2D eigenvalue weighted by atomic mass is 9.94. The van der Waals surface area contributed by atoms with Crippen LogP contribution in [0, 0.1) is 0 Å². The molecule has 0 aromatic carbocycles. The third kappa shape index (κ3) is 6.35. The van der Waals surface area contributed by atoms with Gasteiger partial charge in [-0.1, -0.05) is 20.8 Å². The predicted molar refractivity (Wildman–Crippen MR) is 63.5 cm³/mol. The van der Waals surface area contributed by atoms with Gasteiger partial charge in [0.2, 0.25) is 0 Å². The number of hydrogen-bond acceptors (Lipinski definition) is 3. The zero-order chi connectivity index (χ0) is 10.9. The maximum atomic E-state index is 6.15. The van der Waals surface area contributed by atoms with Crippen LogP contribution in [0.25, 0.3) is 0 Å². The van der Waals surface area contributed by atoms with Gasteiger partial charge in [-0.15, -0.1) is 0 Å². The first kappa shape index (κ1) is 13.9. The first-order valence-corrected chi connectivity index (χ1v) is 5.88. The molecular weight excluding hydrogens is 174 g/mol. The first-order chi connectivity index (χ1) is 6.68. The second-order valence-corrected chi connectivity index (χ2v) is 4.00. The molecule has 0 saturated carbocycles. The molecule has 0 saturated heterocycles. The van der Waals surface area contributed by atoms with Crippen LogP contribution >= 0.6 is 0 Å². The maximum Gasteiger partial charge on any atom is 0.0275 e. The SMILES string of the molecule is CCCNCCNCC(N)(CC)CC. The summed E-state index contributed by atoms with van der Waals surface area (Å²) < 4.78 is 0. The van der Waals surface area contributed by atoms with Gasteiger partial charge < -0.3 is 16.4 Å². The second-order valence-electron chi connectivity index (χ2n) is 4.00. The fourth-order valence-electron chi connectivity index (χ4n) is 1.32. The van der Waals surface area contributed by atoms with Gasteiger partial charge >= 0.3 is 0 Å². The number of nitrogens with one attached hydrogen (secondary N) is 2. The Balaban J connectivity index is 3.34. The van der Waals surface area contributed by atoms with Crippen LogP contribution in [0.4, 0.5) is 0 Å². The lowest BCUT2D eigenvalue weighted by Gasteiger charge is -2.27. The second kappa shape index (κ2) is 8.21. The molecule has 0 aromatic heterocycles. The molecule has 0 bridgehead atoms. The van der Waals surface area contributed by atoms with Crippen molar-refractivity contribution in [3.63, 3.8) is 0 Å². The highest BCUT2D eigenvalue weighted by Crippen LogP contribution is 2.08. The van der Waals surface area contributed by atoms with E-state index >= 15 is 0 Å². The minimum absolute atomic E-state index is 0.00917. The summed E-state index contributed by atoms with van der Waals surface area (Å²) in [5, 5.41) is 6.75. The van der Waals surface area contributed by atoms with Crippen LogP contribution in [0.15, 0.2) is 0 Å². The summed E-state index contributed by atoms with van der Waals surface area (Å²) in [7, 11) is 0. The summed E-state index contributed by atoms with van der Waals surface area (Å²) in [6.07, 6.45) is 3.28. The first-order valence-electron chi connectivity index (χ1n) is 5.88. The molecule has 0 aliphatic rings. The van der Waals surface area contributed by atoms with Crippen LogP contribution in [0.2, 0.25) is 0 Å². The number of nitrogens with two attached hydrogens (primary N) is 1. The zero-order valence-electron chi connectivity index (χ0n) is 10.0. The summed E-state index contributed by atoms with van der Waals surface area (Å²) in [5.41, 5.74) is 6.15. The van der Waals surface area contributed by atoms with Crippen molar-refractivity contribution in [2.45, 2.75) is 45.6 Å². The van der Waals surface area contributed by atoms with Crippen molar-refractivity contribution in [2.75, 3.05) is 26.2 Å². The van der Waals surface area contributed by atoms with Crippen molar-refractivity contribution in [3.05, 3.63) is 0 Å². The summed E-state index contributed by atoms with van der Waals surface area (Å²) in [5.74, 6) is 0. The van der Waals surface area contributed by atoms with Crippen molar-refractivity contribution >= 4 is 0 Å². The largest absolute Gasteiger partial charge is 0.324 e. The topological polar surface area (TPSA) is 50.1 Å². The Morgan fingerprint density at radius 2 is 1.50 bits per heavy atom. The zero-order valence-corrected chi connectivity index (χ0v) is 10.0. The minimum atomic E-state index is -0.00917. The quantitative estimate of drug-likeness (QED) is 0.490. The molecule has 3 heteroatoms. The van der Waals surface area contributed by atoms with E-state index in [2.05, 4.69) is 31.4 Å². The van der Waals surface area contributed by atoms with Gasteiger partial charge in [0, 0.05) is 25.2 Å². The van der Waals surface area contributed by atoms with Crippen LogP contribution in [0.1, 0.15) is 40.0 Å². The van der Waals surface area contributed by atoms with E-state index in [-0.39, 0.29) is 5.54 Å². The van der Waals surface area contributed by atoms with Crippen LogP contribution < -0.4 is 16.4 Å². The molecule has 0 spiro atoms. The molecule has 0 rings (SSSR count). The van der Waals surface area contributed by atoms with Gasteiger partial charge in [-0.05, 0) is 25.8 Å². The molecule has 0 atom stereocenters. The number of hydrogen-bond donors (Lipinski definition) is 3. The van der Waals surface area contributed by atoms with Crippen LogP contribution in [0.3, 0.4) is 0 Å². The standard InChI is InChI=1S/C11H27N3/c1-4-7-13-8-9-14-10-11(12,5-2)6-3/h13-14H,4-10,12H2,1-3H3. The Morgan fingerprint density at radius 1 is 0.929 bits per heavy atom. The summed E-state index contributed by atoms with van der Waals surface area (Å²) >= 11 is 0. The maximum absolute atomic E-state index is 6.15. The lowest BCUT2D eigenvalue weighted by Crippen LogP contribution is -2.48. The molecule has 0 radical (unpaired) electrons.